The summed E-state index contributed by atoms with van der Waals surface area (Å²) in [6.45, 7) is 3.31. The van der Waals surface area contributed by atoms with Gasteiger partial charge in [-0.3, -0.25) is 0 Å². The molecule has 19 heavy (non-hydrogen) atoms. The van der Waals surface area contributed by atoms with Crippen LogP contribution in [0.4, 0.5) is 0 Å². The summed E-state index contributed by atoms with van der Waals surface area (Å²) in [5.74, 6) is 1.92. The Morgan fingerprint density at radius 1 is 0.789 bits per heavy atom. The summed E-state index contributed by atoms with van der Waals surface area (Å²) >= 11 is 0. The minimum Gasteiger partial charge on any atom is -0.378 e. The van der Waals surface area contributed by atoms with E-state index in [1.807, 2.05) is 0 Å². The first-order valence-electron chi connectivity index (χ1n) is 8.96. The van der Waals surface area contributed by atoms with Crippen molar-refractivity contribution < 1.29 is 4.74 Å². The van der Waals surface area contributed by atoms with E-state index in [0.717, 1.165) is 18.4 Å². The first kappa shape index (κ1) is 15.4. The molecular formula is C18H34O. The lowest BCUT2D eigenvalue weighted by Gasteiger charge is -2.23. The fourth-order valence-corrected chi connectivity index (χ4v) is 4.05. The molecule has 2 saturated carbocycles. The quantitative estimate of drug-likeness (QED) is 0.558. The molecule has 1 unspecified atom stereocenters. The molecule has 0 aliphatic heterocycles. The number of ether oxygens (including phenoxy) is 1. The van der Waals surface area contributed by atoms with Crippen molar-refractivity contribution in [2.75, 3.05) is 6.61 Å². The minimum atomic E-state index is 0.492. The molecule has 2 aliphatic carbocycles. The fraction of sp³-hybridized carbons (Fsp3) is 1.00. The predicted octanol–water partition coefficient (Wildman–Crippen LogP) is 5.72. The van der Waals surface area contributed by atoms with Crippen LogP contribution < -0.4 is 0 Å². The van der Waals surface area contributed by atoms with E-state index in [-0.39, 0.29) is 0 Å². The first-order chi connectivity index (χ1) is 9.34. The van der Waals surface area contributed by atoms with Gasteiger partial charge in [-0.2, -0.15) is 0 Å². The molecule has 0 saturated heterocycles. The van der Waals surface area contributed by atoms with Crippen LogP contribution in [0.5, 0.6) is 0 Å². The molecule has 1 heteroatoms. The maximum absolute atomic E-state index is 6.09. The third kappa shape index (κ3) is 6.29. The van der Waals surface area contributed by atoms with Crippen molar-refractivity contribution in [3.63, 3.8) is 0 Å². The van der Waals surface area contributed by atoms with E-state index in [1.165, 1.54) is 83.5 Å². The smallest absolute Gasteiger partial charge is 0.0549 e. The first-order valence-corrected chi connectivity index (χ1v) is 8.96. The Labute approximate surface area is 120 Å². The van der Waals surface area contributed by atoms with E-state index < -0.39 is 0 Å². The molecule has 2 aliphatic rings. The van der Waals surface area contributed by atoms with Crippen molar-refractivity contribution in [1.82, 2.24) is 0 Å². The molecule has 0 radical (unpaired) electrons. The minimum absolute atomic E-state index is 0.492. The fourth-order valence-electron chi connectivity index (χ4n) is 4.05. The van der Waals surface area contributed by atoms with E-state index in [9.17, 15) is 0 Å². The van der Waals surface area contributed by atoms with Crippen LogP contribution in [0.25, 0.3) is 0 Å². The lowest BCUT2D eigenvalue weighted by atomic mass is 9.87. The van der Waals surface area contributed by atoms with Crippen LogP contribution in [0.2, 0.25) is 0 Å². The molecule has 0 aromatic heterocycles. The molecule has 1 nitrogen and oxygen atoms in total. The molecule has 1 atom stereocenters. The Morgan fingerprint density at radius 3 is 1.95 bits per heavy atom. The summed E-state index contributed by atoms with van der Waals surface area (Å²) in [5.41, 5.74) is 0. The molecule has 0 heterocycles. The molecule has 0 bridgehead atoms. The summed E-state index contributed by atoms with van der Waals surface area (Å²) in [6.07, 6.45) is 19.2. The highest BCUT2D eigenvalue weighted by Gasteiger charge is 2.17. The van der Waals surface area contributed by atoms with Gasteiger partial charge in [-0.1, -0.05) is 70.6 Å². The highest BCUT2D eigenvalue weighted by molar-refractivity contribution is 4.69. The van der Waals surface area contributed by atoms with Gasteiger partial charge in [-0.25, -0.2) is 0 Å². The zero-order chi connectivity index (χ0) is 13.3. The third-order valence-electron chi connectivity index (χ3n) is 5.29. The zero-order valence-electron chi connectivity index (χ0n) is 13.0. The van der Waals surface area contributed by atoms with Crippen LogP contribution >= 0.6 is 0 Å². The van der Waals surface area contributed by atoms with Crippen LogP contribution in [0.3, 0.4) is 0 Å². The summed E-state index contributed by atoms with van der Waals surface area (Å²) < 4.78 is 6.09. The second-order valence-corrected chi connectivity index (χ2v) is 7.07. The lowest BCUT2D eigenvalue weighted by Crippen LogP contribution is -2.17. The van der Waals surface area contributed by atoms with Gasteiger partial charge in [0, 0.05) is 6.61 Å². The SMILES string of the molecule is CC(CC1CCCCCC1)OCCC1CCCCC1. The van der Waals surface area contributed by atoms with Gasteiger partial charge in [0.05, 0.1) is 6.10 Å². The Bertz CT molecular complexity index is 212. The van der Waals surface area contributed by atoms with Crippen LogP contribution in [-0.2, 0) is 4.74 Å². The van der Waals surface area contributed by atoms with Crippen molar-refractivity contribution in [2.45, 2.75) is 96.5 Å². The van der Waals surface area contributed by atoms with Gasteiger partial charge in [0.15, 0.2) is 0 Å². The third-order valence-corrected chi connectivity index (χ3v) is 5.29. The number of rotatable bonds is 6. The van der Waals surface area contributed by atoms with E-state index in [0.29, 0.717) is 6.10 Å². The van der Waals surface area contributed by atoms with E-state index in [4.69, 9.17) is 4.74 Å². The van der Waals surface area contributed by atoms with Gasteiger partial charge in [0.1, 0.15) is 0 Å². The van der Waals surface area contributed by atoms with Crippen molar-refractivity contribution in [1.29, 1.82) is 0 Å². The van der Waals surface area contributed by atoms with Crippen molar-refractivity contribution in [3.05, 3.63) is 0 Å². The Kier molecular flexibility index (Phi) is 7.27. The van der Waals surface area contributed by atoms with Gasteiger partial charge >= 0.3 is 0 Å². The second kappa shape index (κ2) is 9.00. The van der Waals surface area contributed by atoms with Crippen LogP contribution in [0, 0.1) is 11.8 Å². The molecule has 2 fully saturated rings. The van der Waals surface area contributed by atoms with Gasteiger partial charge in [0.25, 0.3) is 0 Å². The average molecular weight is 266 g/mol. The van der Waals surface area contributed by atoms with Crippen LogP contribution in [0.1, 0.15) is 90.4 Å². The second-order valence-electron chi connectivity index (χ2n) is 7.07. The summed E-state index contributed by atoms with van der Waals surface area (Å²) in [5, 5.41) is 0. The largest absolute Gasteiger partial charge is 0.378 e. The zero-order valence-corrected chi connectivity index (χ0v) is 13.0. The standard InChI is InChI=1S/C18H34O/c1-16(15-18-11-5-2-3-6-12-18)19-14-13-17-9-7-4-8-10-17/h16-18H,2-15H2,1H3. The molecule has 2 rings (SSSR count). The lowest BCUT2D eigenvalue weighted by molar-refractivity contribution is 0.0362. The molecule has 0 aromatic carbocycles. The molecule has 0 aromatic rings. The van der Waals surface area contributed by atoms with Gasteiger partial charge in [-0.15, -0.1) is 0 Å². The molecule has 0 amide bonds. The van der Waals surface area contributed by atoms with Crippen molar-refractivity contribution >= 4 is 0 Å². The summed E-state index contributed by atoms with van der Waals surface area (Å²) in [7, 11) is 0. The molecule has 0 N–H and O–H groups in total. The van der Waals surface area contributed by atoms with Crippen molar-refractivity contribution in [2.24, 2.45) is 11.8 Å². The van der Waals surface area contributed by atoms with Gasteiger partial charge < -0.3 is 4.74 Å². The Morgan fingerprint density at radius 2 is 1.32 bits per heavy atom. The Hall–Kier alpha value is -0.0400. The van der Waals surface area contributed by atoms with Crippen molar-refractivity contribution in [3.8, 4) is 0 Å². The van der Waals surface area contributed by atoms with E-state index in [1.54, 1.807) is 0 Å². The van der Waals surface area contributed by atoms with Gasteiger partial charge in [0.2, 0.25) is 0 Å². The molecular weight excluding hydrogens is 232 g/mol. The maximum Gasteiger partial charge on any atom is 0.0549 e. The molecule has 112 valence electrons. The molecule has 0 spiro atoms. The summed E-state index contributed by atoms with van der Waals surface area (Å²) in [4.78, 5) is 0. The maximum atomic E-state index is 6.09. The monoisotopic (exact) mass is 266 g/mol. The van der Waals surface area contributed by atoms with E-state index >= 15 is 0 Å². The van der Waals surface area contributed by atoms with Crippen LogP contribution in [-0.4, -0.2) is 12.7 Å². The Balaban J connectivity index is 1.54. The van der Waals surface area contributed by atoms with Crippen LogP contribution in [0.15, 0.2) is 0 Å². The normalized spacial score (nSPS) is 25.1. The average Bonchev–Trinajstić information content (AvgIpc) is 2.68. The highest BCUT2D eigenvalue weighted by atomic mass is 16.5. The topological polar surface area (TPSA) is 9.23 Å². The highest BCUT2D eigenvalue weighted by Crippen LogP contribution is 2.28. The number of hydrogen-bond donors (Lipinski definition) is 0. The predicted molar refractivity (Wildman–Crippen MR) is 82.4 cm³/mol. The van der Waals surface area contributed by atoms with E-state index in [2.05, 4.69) is 6.92 Å². The number of hydrogen-bond acceptors (Lipinski definition) is 1. The summed E-state index contributed by atoms with van der Waals surface area (Å²) in [6, 6.07) is 0. The van der Waals surface area contributed by atoms with Gasteiger partial charge in [-0.05, 0) is 31.6 Å².